The molecule has 2 unspecified atom stereocenters. The van der Waals surface area contributed by atoms with Crippen LogP contribution in [-0.4, -0.2) is 36.4 Å². The van der Waals surface area contributed by atoms with Gasteiger partial charge in [-0.15, -0.1) is 0 Å². The van der Waals surface area contributed by atoms with Crippen LogP contribution in [0.3, 0.4) is 0 Å². The molecule has 0 rings (SSSR count). The van der Waals surface area contributed by atoms with Gasteiger partial charge in [0.05, 0.1) is 6.10 Å². The zero-order chi connectivity index (χ0) is 12.8. The van der Waals surface area contributed by atoms with Crippen molar-refractivity contribution in [2.75, 3.05) is 13.2 Å². The second-order valence-corrected chi connectivity index (χ2v) is 5.03. The molecule has 1 amide bonds. The summed E-state index contributed by atoms with van der Waals surface area (Å²) in [6.07, 6.45) is -0.0976. The first kappa shape index (κ1) is 15.4. The van der Waals surface area contributed by atoms with Crippen molar-refractivity contribution in [3.63, 3.8) is 0 Å². The molecule has 0 aromatic heterocycles. The van der Waals surface area contributed by atoms with Crippen LogP contribution in [0.5, 0.6) is 0 Å². The van der Waals surface area contributed by atoms with Crippen molar-refractivity contribution in [2.45, 2.75) is 53.2 Å². The van der Waals surface area contributed by atoms with Crippen molar-refractivity contribution in [3.8, 4) is 0 Å². The Morgan fingerprint density at radius 3 is 2.44 bits per heavy atom. The normalized spacial score (nSPS) is 15.6. The maximum Gasteiger partial charge on any atom is 0.248 e. The molecule has 0 heterocycles. The molecule has 0 aliphatic carbocycles. The summed E-state index contributed by atoms with van der Waals surface area (Å²) in [5, 5.41) is 12.1. The predicted molar refractivity (Wildman–Crippen MR) is 64.2 cm³/mol. The lowest BCUT2D eigenvalue weighted by Crippen LogP contribution is -2.40. The van der Waals surface area contributed by atoms with E-state index in [9.17, 15) is 9.90 Å². The lowest BCUT2D eigenvalue weighted by Gasteiger charge is -2.27. The van der Waals surface area contributed by atoms with Crippen LogP contribution in [-0.2, 0) is 9.53 Å². The SMILES string of the molecule is CCOC(C)C(=O)NCC(C)(C)CC(C)O. The molecule has 0 radical (unpaired) electrons. The van der Waals surface area contributed by atoms with Gasteiger partial charge in [0.2, 0.25) is 5.91 Å². The van der Waals surface area contributed by atoms with Gasteiger partial charge in [-0.25, -0.2) is 0 Å². The van der Waals surface area contributed by atoms with Crippen molar-refractivity contribution in [3.05, 3.63) is 0 Å². The molecule has 4 nitrogen and oxygen atoms in total. The van der Waals surface area contributed by atoms with Gasteiger partial charge >= 0.3 is 0 Å². The predicted octanol–water partition coefficient (Wildman–Crippen LogP) is 1.32. The van der Waals surface area contributed by atoms with Crippen molar-refractivity contribution >= 4 is 5.91 Å². The van der Waals surface area contributed by atoms with Crippen LogP contribution in [0.15, 0.2) is 0 Å². The number of aliphatic hydroxyl groups is 1. The number of rotatable bonds is 7. The number of ether oxygens (including phenoxy) is 1. The Balaban J connectivity index is 3.99. The fourth-order valence-corrected chi connectivity index (χ4v) is 1.67. The molecular formula is C12H25NO3. The van der Waals surface area contributed by atoms with E-state index in [0.29, 0.717) is 19.6 Å². The Bertz CT molecular complexity index is 214. The van der Waals surface area contributed by atoms with Gasteiger partial charge in [-0.05, 0) is 32.6 Å². The van der Waals surface area contributed by atoms with Crippen LogP contribution < -0.4 is 5.32 Å². The Labute approximate surface area is 98.4 Å². The minimum Gasteiger partial charge on any atom is -0.393 e. The van der Waals surface area contributed by atoms with Crippen LogP contribution in [0.25, 0.3) is 0 Å². The highest BCUT2D eigenvalue weighted by molar-refractivity contribution is 5.80. The summed E-state index contributed by atoms with van der Waals surface area (Å²) in [6, 6.07) is 0. The fraction of sp³-hybridized carbons (Fsp3) is 0.917. The van der Waals surface area contributed by atoms with Crippen LogP contribution >= 0.6 is 0 Å². The lowest BCUT2D eigenvalue weighted by molar-refractivity contribution is -0.132. The van der Waals surface area contributed by atoms with Gasteiger partial charge in [-0.1, -0.05) is 13.8 Å². The summed E-state index contributed by atoms with van der Waals surface area (Å²) >= 11 is 0. The van der Waals surface area contributed by atoms with E-state index in [4.69, 9.17) is 4.74 Å². The zero-order valence-electron chi connectivity index (χ0n) is 11.0. The van der Waals surface area contributed by atoms with Gasteiger partial charge in [0, 0.05) is 13.2 Å². The second-order valence-electron chi connectivity index (χ2n) is 5.03. The van der Waals surface area contributed by atoms with E-state index >= 15 is 0 Å². The molecule has 0 aromatic rings. The van der Waals surface area contributed by atoms with Gasteiger partial charge < -0.3 is 15.2 Å². The highest BCUT2D eigenvalue weighted by Crippen LogP contribution is 2.21. The summed E-state index contributed by atoms with van der Waals surface area (Å²) in [7, 11) is 0. The summed E-state index contributed by atoms with van der Waals surface area (Å²) in [6.45, 7) is 10.5. The molecule has 0 aromatic carbocycles. The van der Waals surface area contributed by atoms with Gasteiger partial charge in [-0.3, -0.25) is 4.79 Å². The molecule has 16 heavy (non-hydrogen) atoms. The Hall–Kier alpha value is -0.610. The summed E-state index contributed by atoms with van der Waals surface area (Å²) in [5.74, 6) is -0.0967. The van der Waals surface area contributed by atoms with Crippen LogP contribution in [0, 0.1) is 5.41 Å². The highest BCUT2D eigenvalue weighted by atomic mass is 16.5. The summed E-state index contributed by atoms with van der Waals surface area (Å²) in [4.78, 5) is 11.6. The third kappa shape index (κ3) is 6.80. The van der Waals surface area contributed by atoms with Crippen LogP contribution in [0.2, 0.25) is 0 Å². The number of carbonyl (C=O) groups excluding carboxylic acids is 1. The van der Waals surface area contributed by atoms with E-state index in [-0.39, 0.29) is 17.4 Å². The molecule has 0 saturated heterocycles. The van der Waals surface area contributed by atoms with E-state index in [2.05, 4.69) is 5.32 Å². The molecule has 0 fully saturated rings. The van der Waals surface area contributed by atoms with Crippen molar-refractivity contribution in [1.29, 1.82) is 0 Å². The number of hydrogen-bond donors (Lipinski definition) is 2. The Morgan fingerprint density at radius 2 is 2.00 bits per heavy atom. The molecule has 0 aliphatic heterocycles. The monoisotopic (exact) mass is 231 g/mol. The Kier molecular flexibility index (Phi) is 6.60. The third-order valence-corrected chi connectivity index (χ3v) is 2.38. The standard InChI is InChI=1S/C12H25NO3/c1-6-16-10(3)11(15)13-8-12(4,5)7-9(2)14/h9-10,14H,6-8H2,1-5H3,(H,13,15). The maximum absolute atomic E-state index is 11.6. The van der Waals surface area contributed by atoms with Gasteiger partial charge in [0.25, 0.3) is 0 Å². The van der Waals surface area contributed by atoms with Crippen molar-refractivity contribution in [2.24, 2.45) is 5.41 Å². The van der Waals surface area contributed by atoms with E-state index in [1.165, 1.54) is 0 Å². The highest BCUT2D eigenvalue weighted by Gasteiger charge is 2.22. The van der Waals surface area contributed by atoms with E-state index < -0.39 is 6.10 Å². The van der Waals surface area contributed by atoms with Gasteiger partial charge in [0.1, 0.15) is 6.10 Å². The molecule has 2 atom stereocenters. The van der Waals surface area contributed by atoms with E-state index in [0.717, 1.165) is 0 Å². The number of nitrogens with one attached hydrogen (secondary N) is 1. The average Bonchev–Trinajstić information content (AvgIpc) is 2.12. The average molecular weight is 231 g/mol. The number of carbonyl (C=O) groups is 1. The first-order chi connectivity index (χ1) is 7.28. The first-order valence-corrected chi connectivity index (χ1v) is 5.86. The maximum atomic E-state index is 11.6. The first-order valence-electron chi connectivity index (χ1n) is 5.86. The number of amides is 1. The quantitative estimate of drug-likeness (QED) is 0.695. The van der Waals surface area contributed by atoms with Crippen molar-refractivity contribution in [1.82, 2.24) is 5.32 Å². The smallest absolute Gasteiger partial charge is 0.248 e. The minimum absolute atomic E-state index is 0.0967. The lowest BCUT2D eigenvalue weighted by atomic mass is 9.87. The fourth-order valence-electron chi connectivity index (χ4n) is 1.67. The molecular weight excluding hydrogens is 206 g/mol. The zero-order valence-corrected chi connectivity index (χ0v) is 11.0. The topological polar surface area (TPSA) is 58.6 Å². The molecule has 2 N–H and O–H groups in total. The van der Waals surface area contributed by atoms with E-state index in [1.807, 2.05) is 20.8 Å². The van der Waals surface area contributed by atoms with Crippen molar-refractivity contribution < 1.29 is 14.6 Å². The summed E-state index contributed by atoms with van der Waals surface area (Å²) < 4.78 is 5.19. The van der Waals surface area contributed by atoms with E-state index in [1.54, 1.807) is 13.8 Å². The molecule has 96 valence electrons. The van der Waals surface area contributed by atoms with Crippen LogP contribution in [0.4, 0.5) is 0 Å². The van der Waals surface area contributed by atoms with Crippen LogP contribution in [0.1, 0.15) is 41.0 Å². The largest absolute Gasteiger partial charge is 0.393 e. The summed E-state index contributed by atoms with van der Waals surface area (Å²) in [5.41, 5.74) is -0.101. The molecule has 0 aliphatic rings. The molecule has 4 heteroatoms. The van der Waals surface area contributed by atoms with Gasteiger partial charge in [0.15, 0.2) is 0 Å². The van der Waals surface area contributed by atoms with Gasteiger partial charge in [-0.2, -0.15) is 0 Å². The molecule has 0 bridgehead atoms. The molecule has 0 saturated carbocycles. The third-order valence-electron chi connectivity index (χ3n) is 2.38. The Morgan fingerprint density at radius 1 is 1.44 bits per heavy atom. The number of aliphatic hydroxyl groups excluding tert-OH is 1. The second kappa shape index (κ2) is 6.86. The molecule has 0 spiro atoms. The number of hydrogen-bond acceptors (Lipinski definition) is 3. The minimum atomic E-state index is -0.410.